The van der Waals surface area contributed by atoms with Crippen molar-refractivity contribution in [1.82, 2.24) is 9.88 Å². The standard InChI is InChI=1S/C19H22ClN3O3S/c1-26-18(24)16-12-27-17(22-16)11-23(15-8-3-2-4-9-15)19(25)21-14-7-5-6-13(20)10-14/h5-7,10,12,15H,2-4,8-9,11H2,1H3,(H,21,25). The number of nitrogens with one attached hydrogen (secondary N) is 1. The molecule has 1 aromatic heterocycles. The molecular weight excluding hydrogens is 386 g/mol. The third-order valence-corrected chi connectivity index (χ3v) is 5.67. The van der Waals surface area contributed by atoms with Crippen LogP contribution in [0, 0.1) is 0 Å². The Morgan fingerprint density at radius 1 is 1.33 bits per heavy atom. The van der Waals surface area contributed by atoms with Crippen molar-refractivity contribution in [2.45, 2.75) is 44.7 Å². The van der Waals surface area contributed by atoms with Crippen molar-refractivity contribution < 1.29 is 14.3 Å². The van der Waals surface area contributed by atoms with E-state index in [1.807, 2.05) is 11.0 Å². The van der Waals surface area contributed by atoms with Crippen LogP contribution in [0.3, 0.4) is 0 Å². The lowest BCUT2D eigenvalue weighted by Crippen LogP contribution is -2.43. The van der Waals surface area contributed by atoms with Gasteiger partial charge in [0.2, 0.25) is 0 Å². The zero-order chi connectivity index (χ0) is 19.2. The molecule has 0 spiro atoms. The maximum absolute atomic E-state index is 13.0. The summed E-state index contributed by atoms with van der Waals surface area (Å²) >= 11 is 7.37. The number of ether oxygens (including phenoxy) is 1. The first-order valence-corrected chi connectivity index (χ1v) is 10.2. The minimum absolute atomic E-state index is 0.156. The Labute approximate surface area is 167 Å². The van der Waals surface area contributed by atoms with E-state index >= 15 is 0 Å². The number of nitrogens with zero attached hydrogens (tertiary/aromatic N) is 2. The zero-order valence-corrected chi connectivity index (χ0v) is 16.7. The maximum atomic E-state index is 13.0. The number of carbonyl (C=O) groups is 2. The second-order valence-corrected chi connectivity index (χ2v) is 7.86. The van der Waals surface area contributed by atoms with E-state index < -0.39 is 5.97 Å². The van der Waals surface area contributed by atoms with Crippen LogP contribution in [0.4, 0.5) is 10.5 Å². The first-order chi connectivity index (χ1) is 13.1. The van der Waals surface area contributed by atoms with Crippen LogP contribution in [-0.2, 0) is 11.3 Å². The van der Waals surface area contributed by atoms with E-state index in [-0.39, 0.29) is 17.8 Å². The molecule has 0 aliphatic heterocycles. The van der Waals surface area contributed by atoms with Crippen LogP contribution in [0.2, 0.25) is 5.02 Å². The molecule has 2 aromatic rings. The van der Waals surface area contributed by atoms with Gasteiger partial charge in [-0.3, -0.25) is 0 Å². The highest BCUT2D eigenvalue weighted by Crippen LogP contribution is 2.26. The third kappa shape index (κ3) is 5.20. The van der Waals surface area contributed by atoms with Gasteiger partial charge in [-0.15, -0.1) is 11.3 Å². The van der Waals surface area contributed by atoms with Gasteiger partial charge in [0.05, 0.1) is 13.7 Å². The fourth-order valence-electron chi connectivity index (χ4n) is 3.25. The van der Waals surface area contributed by atoms with Gasteiger partial charge in [-0.05, 0) is 31.0 Å². The molecule has 1 heterocycles. The van der Waals surface area contributed by atoms with E-state index in [9.17, 15) is 9.59 Å². The van der Waals surface area contributed by atoms with Crippen molar-refractivity contribution in [2.75, 3.05) is 12.4 Å². The molecule has 0 unspecified atom stereocenters. The van der Waals surface area contributed by atoms with Gasteiger partial charge in [0.25, 0.3) is 0 Å². The highest BCUT2D eigenvalue weighted by Gasteiger charge is 2.27. The molecule has 2 amide bonds. The fraction of sp³-hybridized carbons (Fsp3) is 0.421. The summed E-state index contributed by atoms with van der Waals surface area (Å²) in [5, 5.41) is 5.87. The average Bonchev–Trinajstić information content (AvgIpc) is 3.15. The minimum atomic E-state index is -0.468. The molecular formula is C19H22ClN3O3S. The number of anilines is 1. The number of thiazole rings is 1. The quantitative estimate of drug-likeness (QED) is 0.712. The number of halogens is 1. The van der Waals surface area contributed by atoms with Crippen molar-refractivity contribution >= 4 is 40.6 Å². The number of urea groups is 1. The molecule has 144 valence electrons. The first-order valence-electron chi connectivity index (χ1n) is 8.92. The van der Waals surface area contributed by atoms with E-state index in [1.165, 1.54) is 24.9 Å². The summed E-state index contributed by atoms with van der Waals surface area (Å²) in [7, 11) is 1.33. The van der Waals surface area contributed by atoms with Gasteiger partial charge in [-0.2, -0.15) is 0 Å². The summed E-state index contributed by atoms with van der Waals surface area (Å²) in [6.45, 7) is 0.360. The molecule has 0 atom stereocenters. The van der Waals surface area contributed by atoms with E-state index in [0.717, 1.165) is 25.7 Å². The zero-order valence-electron chi connectivity index (χ0n) is 15.1. The topological polar surface area (TPSA) is 71.5 Å². The summed E-state index contributed by atoms with van der Waals surface area (Å²) < 4.78 is 4.71. The predicted octanol–water partition coefficient (Wildman–Crippen LogP) is 4.95. The van der Waals surface area contributed by atoms with E-state index in [1.54, 1.807) is 23.6 Å². The van der Waals surface area contributed by atoms with Gasteiger partial charge < -0.3 is 15.0 Å². The Morgan fingerprint density at radius 3 is 2.81 bits per heavy atom. The van der Waals surface area contributed by atoms with Gasteiger partial charge >= 0.3 is 12.0 Å². The number of hydrogen-bond donors (Lipinski definition) is 1. The lowest BCUT2D eigenvalue weighted by molar-refractivity contribution is 0.0594. The minimum Gasteiger partial charge on any atom is -0.464 e. The summed E-state index contributed by atoms with van der Waals surface area (Å²) in [6.07, 6.45) is 5.36. The normalized spacial score (nSPS) is 14.6. The molecule has 6 nitrogen and oxygen atoms in total. The number of esters is 1. The summed E-state index contributed by atoms with van der Waals surface area (Å²) in [5.41, 5.74) is 0.930. The van der Waals surface area contributed by atoms with Crippen LogP contribution < -0.4 is 5.32 Å². The van der Waals surface area contributed by atoms with Gasteiger partial charge in [0.1, 0.15) is 5.01 Å². The fourth-order valence-corrected chi connectivity index (χ4v) is 4.20. The molecule has 1 aromatic carbocycles. The number of benzene rings is 1. The van der Waals surface area contributed by atoms with Crippen LogP contribution >= 0.6 is 22.9 Å². The highest BCUT2D eigenvalue weighted by atomic mass is 35.5. The Morgan fingerprint density at radius 2 is 2.11 bits per heavy atom. The van der Waals surface area contributed by atoms with Crippen molar-refractivity contribution in [2.24, 2.45) is 0 Å². The van der Waals surface area contributed by atoms with Crippen LogP contribution in [0.1, 0.15) is 47.6 Å². The highest BCUT2D eigenvalue weighted by molar-refractivity contribution is 7.09. The molecule has 0 saturated heterocycles. The SMILES string of the molecule is COC(=O)c1csc(CN(C(=O)Nc2cccc(Cl)c2)C2CCCCC2)n1. The van der Waals surface area contributed by atoms with Gasteiger partial charge in [-0.25, -0.2) is 14.6 Å². The largest absolute Gasteiger partial charge is 0.464 e. The van der Waals surface area contributed by atoms with Crippen LogP contribution in [-0.4, -0.2) is 35.0 Å². The lowest BCUT2D eigenvalue weighted by atomic mass is 9.94. The molecule has 3 rings (SSSR count). The summed E-state index contributed by atoms with van der Waals surface area (Å²) in [6, 6.07) is 7.06. The molecule has 8 heteroatoms. The molecule has 1 aliphatic carbocycles. The Balaban J connectivity index is 1.76. The summed E-state index contributed by atoms with van der Waals surface area (Å²) in [5.74, 6) is -0.468. The van der Waals surface area contributed by atoms with Crippen molar-refractivity contribution in [3.63, 3.8) is 0 Å². The maximum Gasteiger partial charge on any atom is 0.357 e. The number of aromatic nitrogens is 1. The Bertz CT molecular complexity index is 805. The predicted molar refractivity (Wildman–Crippen MR) is 106 cm³/mol. The van der Waals surface area contributed by atoms with E-state index in [0.29, 0.717) is 22.3 Å². The monoisotopic (exact) mass is 407 g/mol. The number of carbonyl (C=O) groups excluding carboxylic acids is 2. The Kier molecular flexibility index (Phi) is 6.68. The van der Waals surface area contributed by atoms with Crippen LogP contribution in [0.25, 0.3) is 0 Å². The van der Waals surface area contributed by atoms with Gasteiger partial charge in [0.15, 0.2) is 5.69 Å². The Hall–Kier alpha value is -2.12. The summed E-state index contributed by atoms with van der Waals surface area (Å²) in [4.78, 5) is 30.8. The second-order valence-electron chi connectivity index (χ2n) is 6.48. The van der Waals surface area contributed by atoms with Crippen LogP contribution in [0.15, 0.2) is 29.6 Å². The number of hydrogen-bond acceptors (Lipinski definition) is 5. The van der Waals surface area contributed by atoms with Gasteiger partial charge in [-0.1, -0.05) is 36.9 Å². The molecule has 1 aliphatic rings. The molecule has 1 fully saturated rings. The number of rotatable bonds is 5. The van der Waals surface area contributed by atoms with E-state index in [4.69, 9.17) is 16.3 Å². The average molecular weight is 408 g/mol. The van der Waals surface area contributed by atoms with Gasteiger partial charge in [0, 0.05) is 22.1 Å². The smallest absolute Gasteiger partial charge is 0.357 e. The van der Waals surface area contributed by atoms with Crippen molar-refractivity contribution in [3.8, 4) is 0 Å². The lowest BCUT2D eigenvalue weighted by Gasteiger charge is -2.33. The van der Waals surface area contributed by atoms with Crippen LogP contribution in [0.5, 0.6) is 0 Å². The van der Waals surface area contributed by atoms with Crippen molar-refractivity contribution in [3.05, 3.63) is 45.4 Å². The van der Waals surface area contributed by atoms with E-state index in [2.05, 4.69) is 10.3 Å². The molecule has 0 bridgehead atoms. The number of amides is 2. The first kappa shape index (κ1) is 19.6. The molecule has 1 saturated carbocycles. The molecule has 0 radical (unpaired) electrons. The molecule has 1 N–H and O–H groups in total. The van der Waals surface area contributed by atoms with Crippen molar-refractivity contribution in [1.29, 1.82) is 0 Å². The molecule has 27 heavy (non-hydrogen) atoms. The second kappa shape index (κ2) is 9.19. The number of methoxy groups -OCH3 is 1. The third-order valence-electron chi connectivity index (χ3n) is 4.60.